The Bertz CT molecular complexity index is 126. The van der Waals surface area contributed by atoms with E-state index in [2.05, 4.69) is 5.32 Å². The number of amides is 1. The minimum absolute atomic E-state index is 0.267. The van der Waals surface area contributed by atoms with Gasteiger partial charge >= 0.3 is 0 Å². The Kier molecular flexibility index (Phi) is 6.70. The molecule has 0 aliphatic heterocycles. The molecule has 0 atom stereocenters. The van der Waals surface area contributed by atoms with Crippen LogP contribution in [0.4, 0.5) is 0 Å². The lowest BCUT2D eigenvalue weighted by Crippen LogP contribution is -2.25. The third kappa shape index (κ3) is 9.39. The van der Waals surface area contributed by atoms with Crippen LogP contribution < -0.4 is 11.1 Å². The van der Waals surface area contributed by atoms with Gasteiger partial charge in [0.15, 0.2) is 0 Å². The fraction of sp³-hybridized carbons (Fsp3) is 0.875. The van der Waals surface area contributed by atoms with Crippen LogP contribution in [0.5, 0.6) is 0 Å². The molecule has 0 aromatic carbocycles. The highest BCUT2D eigenvalue weighted by atomic mass is 16.5. The van der Waals surface area contributed by atoms with Gasteiger partial charge in [-0.15, -0.1) is 0 Å². The summed E-state index contributed by atoms with van der Waals surface area (Å²) in [6.45, 7) is 6.06. The van der Waals surface area contributed by atoms with Crippen molar-refractivity contribution in [2.24, 2.45) is 5.73 Å². The van der Waals surface area contributed by atoms with Crippen molar-refractivity contribution in [3.8, 4) is 0 Å². The second-order valence-corrected chi connectivity index (χ2v) is 2.89. The highest BCUT2D eigenvalue weighted by Crippen LogP contribution is 1.84. The molecular formula is C8H18N2O2. The van der Waals surface area contributed by atoms with Gasteiger partial charge in [-0.2, -0.15) is 0 Å². The number of ether oxygens (including phenoxy) is 1. The summed E-state index contributed by atoms with van der Waals surface area (Å²) in [4.78, 5) is 10.3. The van der Waals surface area contributed by atoms with Crippen LogP contribution in [0.2, 0.25) is 0 Å². The van der Waals surface area contributed by atoms with Crippen LogP contribution in [0.25, 0.3) is 0 Å². The summed E-state index contributed by atoms with van der Waals surface area (Å²) >= 11 is 0. The third-order valence-corrected chi connectivity index (χ3v) is 1.28. The average molecular weight is 174 g/mol. The first-order chi connectivity index (χ1) is 5.63. The minimum atomic E-state index is -0.271. The number of hydrogen-bond acceptors (Lipinski definition) is 3. The van der Waals surface area contributed by atoms with Crippen molar-refractivity contribution >= 4 is 5.91 Å². The first kappa shape index (κ1) is 11.4. The molecule has 0 aliphatic rings. The minimum Gasteiger partial charge on any atom is -0.377 e. The molecule has 3 N–H and O–H groups in total. The fourth-order valence-electron chi connectivity index (χ4n) is 0.703. The van der Waals surface area contributed by atoms with Gasteiger partial charge in [-0.3, -0.25) is 4.79 Å². The Morgan fingerprint density at radius 2 is 2.17 bits per heavy atom. The van der Waals surface area contributed by atoms with Crippen LogP contribution in [-0.2, 0) is 9.53 Å². The second kappa shape index (κ2) is 7.06. The summed E-state index contributed by atoms with van der Waals surface area (Å²) < 4.78 is 5.27. The van der Waals surface area contributed by atoms with Crippen LogP contribution in [0.3, 0.4) is 0 Å². The van der Waals surface area contributed by atoms with Crippen molar-refractivity contribution in [2.75, 3.05) is 19.7 Å². The molecular weight excluding hydrogens is 156 g/mol. The molecule has 0 saturated heterocycles. The van der Waals surface area contributed by atoms with Crippen molar-refractivity contribution in [1.29, 1.82) is 0 Å². The van der Waals surface area contributed by atoms with E-state index in [1.165, 1.54) is 0 Å². The number of nitrogens with one attached hydrogen (secondary N) is 1. The first-order valence-corrected chi connectivity index (χ1v) is 4.23. The van der Waals surface area contributed by atoms with Gasteiger partial charge in [0.1, 0.15) is 0 Å². The third-order valence-electron chi connectivity index (χ3n) is 1.28. The lowest BCUT2D eigenvalue weighted by Gasteiger charge is -2.07. The maximum Gasteiger partial charge on any atom is 0.218 e. The smallest absolute Gasteiger partial charge is 0.218 e. The monoisotopic (exact) mass is 174 g/mol. The summed E-state index contributed by atoms with van der Waals surface area (Å²) in [5.41, 5.74) is 4.95. The zero-order chi connectivity index (χ0) is 9.40. The SMILES string of the molecule is CC(C)OCCNCCC(N)=O. The van der Waals surface area contributed by atoms with Gasteiger partial charge < -0.3 is 15.8 Å². The van der Waals surface area contributed by atoms with Crippen molar-refractivity contribution in [1.82, 2.24) is 5.32 Å². The zero-order valence-corrected chi connectivity index (χ0v) is 7.80. The van der Waals surface area contributed by atoms with Gasteiger partial charge in [0.05, 0.1) is 12.7 Å². The molecule has 0 fully saturated rings. The molecule has 0 rings (SSSR count). The van der Waals surface area contributed by atoms with E-state index in [4.69, 9.17) is 10.5 Å². The Morgan fingerprint density at radius 1 is 1.50 bits per heavy atom. The molecule has 0 aromatic heterocycles. The van der Waals surface area contributed by atoms with E-state index in [1.807, 2.05) is 13.8 Å². The molecule has 0 bridgehead atoms. The predicted octanol–water partition coefficient (Wildman–Crippen LogP) is -0.124. The normalized spacial score (nSPS) is 10.6. The molecule has 0 saturated carbocycles. The van der Waals surface area contributed by atoms with E-state index in [9.17, 15) is 4.79 Å². The highest BCUT2D eigenvalue weighted by Gasteiger charge is 1.94. The molecule has 12 heavy (non-hydrogen) atoms. The van der Waals surface area contributed by atoms with Crippen molar-refractivity contribution in [3.63, 3.8) is 0 Å². The first-order valence-electron chi connectivity index (χ1n) is 4.23. The Balaban J connectivity index is 2.96. The van der Waals surface area contributed by atoms with Crippen LogP contribution in [0.1, 0.15) is 20.3 Å². The predicted molar refractivity (Wildman–Crippen MR) is 47.8 cm³/mol. The Hall–Kier alpha value is -0.610. The summed E-state index contributed by atoms with van der Waals surface area (Å²) in [7, 11) is 0. The highest BCUT2D eigenvalue weighted by molar-refractivity contribution is 5.73. The van der Waals surface area contributed by atoms with E-state index in [0.717, 1.165) is 6.54 Å². The standard InChI is InChI=1S/C8H18N2O2/c1-7(2)12-6-5-10-4-3-8(9)11/h7,10H,3-6H2,1-2H3,(H2,9,11). The molecule has 0 heterocycles. The molecule has 1 amide bonds. The van der Waals surface area contributed by atoms with Gasteiger partial charge in [0.25, 0.3) is 0 Å². The molecule has 0 spiro atoms. The number of primary amides is 1. The summed E-state index contributed by atoms with van der Waals surface area (Å²) in [6.07, 6.45) is 0.657. The lowest BCUT2D eigenvalue weighted by molar-refractivity contribution is -0.117. The number of hydrogen-bond donors (Lipinski definition) is 2. The maximum atomic E-state index is 10.3. The van der Waals surface area contributed by atoms with Crippen LogP contribution in [-0.4, -0.2) is 31.7 Å². The summed E-state index contributed by atoms with van der Waals surface area (Å²) in [5, 5.41) is 3.05. The van der Waals surface area contributed by atoms with Crippen LogP contribution in [0.15, 0.2) is 0 Å². The molecule has 0 aromatic rings. The maximum absolute atomic E-state index is 10.3. The zero-order valence-electron chi connectivity index (χ0n) is 7.80. The van der Waals surface area contributed by atoms with E-state index in [-0.39, 0.29) is 12.0 Å². The molecule has 4 heteroatoms. The lowest BCUT2D eigenvalue weighted by atomic mass is 10.4. The van der Waals surface area contributed by atoms with E-state index >= 15 is 0 Å². The Morgan fingerprint density at radius 3 is 2.67 bits per heavy atom. The van der Waals surface area contributed by atoms with Gasteiger partial charge in [-0.25, -0.2) is 0 Å². The number of carbonyl (C=O) groups excluding carboxylic acids is 1. The van der Waals surface area contributed by atoms with Crippen LogP contribution in [0, 0.1) is 0 Å². The molecule has 0 unspecified atom stereocenters. The average Bonchev–Trinajstić information content (AvgIpc) is 1.95. The van der Waals surface area contributed by atoms with Gasteiger partial charge in [0, 0.05) is 19.5 Å². The van der Waals surface area contributed by atoms with Crippen molar-refractivity contribution < 1.29 is 9.53 Å². The molecule has 0 aliphatic carbocycles. The second-order valence-electron chi connectivity index (χ2n) is 2.89. The topological polar surface area (TPSA) is 64.3 Å². The largest absolute Gasteiger partial charge is 0.377 e. The summed E-state index contributed by atoms with van der Waals surface area (Å²) in [6, 6.07) is 0. The van der Waals surface area contributed by atoms with Gasteiger partial charge in [0.2, 0.25) is 5.91 Å². The van der Waals surface area contributed by atoms with Crippen LogP contribution >= 0.6 is 0 Å². The molecule has 72 valence electrons. The van der Waals surface area contributed by atoms with Crippen molar-refractivity contribution in [3.05, 3.63) is 0 Å². The molecule has 0 radical (unpaired) electrons. The van der Waals surface area contributed by atoms with Gasteiger partial charge in [-0.1, -0.05) is 0 Å². The van der Waals surface area contributed by atoms with Crippen molar-refractivity contribution in [2.45, 2.75) is 26.4 Å². The summed E-state index contributed by atoms with van der Waals surface area (Å²) in [5.74, 6) is -0.271. The number of rotatable bonds is 7. The Labute approximate surface area is 73.5 Å². The number of nitrogens with two attached hydrogens (primary N) is 1. The van der Waals surface area contributed by atoms with Gasteiger partial charge in [-0.05, 0) is 13.8 Å². The van der Waals surface area contributed by atoms with E-state index < -0.39 is 0 Å². The fourth-order valence-corrected chi connectivity index (χ4v) is 0.703. The van der Waals surface area contributed by atoms with E-state index in [1.54, 1.807) is 0 Å². The molecule has 4 nitrogen and oxygen atoms in total. The number of carbonyl (C=O) groups is 1. The van der Waals surface area contributed by atoms with E-state index in [0.29, 0.717) is 19.6 Å². The quantitative estimate of drug-likeness (QED) is 0.529.